The third-order valence-corrected chi connectivity index (χ3v) is 3.12. The molecular weight excluding hydrogens is 372 g/mol. The van der Waals surface area contributed by atoms with Gasteiger partial charge < -0.3 is 18.9 Å². The largest absolute Gasteiger partial charge is 0.485 e. The first kappa shape index (κ1) is 22.7. The summed E-state index contributed by atoms with van der Waals surface area (Å²) in [6.45, 7) is 8.11. The predicted molar refractivity (Wildman–Crippen MR) is 89.3 cm³/mol. The summed E-state index contributed by atoms with van der Waals surface area (Å²) in [5.41, 5.74) is -0.621. The Morgan fingerprint density at radius 3 is 1.85 bits per heavy atom. The lowest BCUT2D eigenvalue weighted by Crippen LogP contribution is -2.15. The average molecular weight is 392 g/mol. The van der Waals surface area contributed by atoms with E-state index in [1.807, 2.05) is 0 Å². The van der Waals surface area contributed by atoms with E-state index in [9.17, 15) is 22.4 Å². The quantitative estimate of drug-likeness (QED) is 0.179. The van der Waals surface area contributed by atoms with Crippen molar-refractivity contribution in [1.82, 2.24) is 0 Å². The molecule has 0 atom stereocenters. The summed E-state index contributed by atoms with van der Waals surface area (Å²) >= 11 is 0. The van der Waals surface area contributed by atoms with Crippen LogP contribution >= 0.6 is 0 Å². The van der Waals surface area contributed by atoms with Crippen LogP contribution in [0.15, 0.2) is 18.7 Å². The van der Waals surface area contributed by atoms with Crippen molar-refractivity contribution in [3.05, 3.63) is 47.6 Å². The van der Waals surface area contributed by atoms with E-state index in [1.165, 1.54) is 6.92 Å². The van der Waals surface area contributed by atoms with Crippen LogP contribution in [-0.2, 0) is 19.0 Å². The van der Waals surface area contributed by atoms with E-state index in [0.717, 1.165) is 0 Å². The molecule has 27 heavy (non-hydrogen) atoms. The SMILES string of the molecule is C=Cc1c(F)c(F)c(OCCOCCOCCOC(=O)C(=C)C)c(F)c1F. The lowest BCUT2D eigenvalue weighted by molar-refractivity contribution is -0.140. The second kappa shape index (κ2) is 11.3. The number of hydrogen-bond acceptors (Lipinski definition) is 5. The first-order chi connectivity index (χ1) is 12.8. The van der Waals surface area contributed by atoms with Gasteiger partial charge in [-0.3, -0.25) is 0 Å². The Labute approximate surface area is 154 Å². The smallest absolute Gasteiger partial charge is 0.333 e. The van der Waals surface area contributed by atoms with Gasteiger partial charge in [0.05, 0.1) is 32.0 Å². The molecule has 1 rings (SSSR count). The van der Waals surface area contributed by atoms with Crippen LogP contribution in [0, 0.1) is 23.3 Å². The van der Waals surface area contributed by atoms with E-state index in [1.54, 1.807) is 0 Å². The van der Waals surface area contributed by atoms with E-state index in [2.05, 4.69) is 13.2 Å². The van der Waals surface area contributed by atoms with E-state index >= 15 is 0 Å². The van der Waals surface area contributed by atoms with Gasteiger partial charge in [-0.25, -0.2) is 13.6 Å². The zero-order chi connectivity index (χ0) is 20.4. The fourth-order valence-corrected chi connectivity index (χ4v) is 1.78. The summed E-state index contributed by atoms with van der Waals surface area (Å²) in [4.78, 5) is 11.1. The monoisotopic (exact) mass is 392 g/mol. The fourth-order valence-electron chi connectivity index (χ4n) is 1.78. The minimum atomic E-state index is -1.64. The summed E-state index contributed by atoms with van der Waals surface area (Å²) in [5, 5.41) is 0. The highest BCUT2D eigenvalue weighted by atomic mass is 19.2. The highest BCUT2D eigenvalue weighted by molar-refractivity contribution is 5.86. The van der Waals surface area contributed by atoms with Gasteiger partial charge in [0.15, 0.2) is 17.4 Å². The van der Waals surface area contributed by atoms with E-state index < -0.39 is 40.6 Å². The molecule has 9 heteroatoms. The van der Waals surface area contributed by atoms with Crippen molar-refractivity contribution in [2.75, 3.05) is 39.6 Å². The average Bonchev–Trinajstić information content (AvgIpc) is 2.64. The van der Waals surface area contributed by atoms with Crippen LogP contribution in [0.25, 0.3) is 6.08 Å². The zero-order valence-corrected chi connectivity index (χ0v) is 14.8. The molecule has 0 radical (unpaired) electrons. The maximum atomic E-state index is 13.7. The Morgan fingerprint density at radius 1 is 0.889 bits per heavy atom. The Balaban J connectivity index is 2.25. The molecule has 0 amide bonds. The molecule has 0 heterocycles. The van der Waals surface area contributed by atoms with E-state index in [-0.39, 0.29) is 45.2 Å². The summed E-state index contributed by atoms with van der Waals surface area (Å²) in [6, 6.07) is 0. The Bertz CT molecular complexity index is 662. The fraction of sp³-hybridized carbons (Fsp3) is 0.389. The predicted octanol–water partition coefficient (Wildman–Crippen LogP) is 3.42. The van der Waals surface area contributed by atoms with Crippen LogP contribution in [0.4, 0.5) is 17.6 Å². The maximum Gasteiger partial charge on any atom is 0.333 e. The van der Waals surface area contributed by atoms with Gasteiger partial charge in [-0.15, -0.1) is 0 Å². The van der Waals surface area contributed by atoms with Crippen molar-refractivity contribution >= 4 is 12.0 Å². The van der Waals surface area contributed by atoms with Gasteiger partial charge in [-0.05, 0) is 6.92 Å². The first-order valence-electron chi connectivity index (χ1n) is 7.90. The molecule has 0 fully saturated rings. The second-order valence-electron chi connectivity index (χ2n) is 5.19. The van der Waals surface area contributed by atoms with Crippen molar-refractivity contribution in [1.29, 1.82) is 0 Å². The number of carbonyl (C=O) groups excluding carboxylic acids is 1. The third-order valence-electron chi connectivity index (χ3n) is 3.12. The van der Waals surface area contributed by atoms with Gasteiger partial charge in [0.25, 0.3) is 0 Å². The molecule has 0 saturated heterocycles. The molecule has 0 aliphatic rings. The van der Waals surface area contributed by atoms with Crippen molar-refractivity contribution < 1.29 is 41.3 Å². The number of carbonyl (C=O) groups is 1. The van der Waals surface area contributed by atoms with Gasteiger partial charge in [-0.2, -0.15) is 8.78 Å². The Morgan fingerprint density at radius 2 is 1.37 bits per heavy atom. The van der Waals surface area contributed by atoms with Crippen LogP contribution in [0.3, 0.4) is 0 Å². The zero-order valence-electron chi connectivity index (χ0n) is 14.8. The molecule has 0 unspecified atom stereocenters. The van der Waals surface area contributed by atoms with Gasteiger partial charge in [0.1, 0.15) is 13.2 Å². The van der Waals surface area contributed by atoms with Crippen LogP contribution in [0.5, 0.6) is 5.75 Å². The topological polar surface area (TPSA) is 54.0 Å². The minimum absolute atomic E-state index is 0.0607. The molecule has 0 saturated carbocycles. The minimum Gasteiger partial charge on any atom is -0.485 e. The van der Waals surface area contributed by atoms with Crippen LogP contribution < -0.4 is 4.74 Å². The summed E-state index contributed by atoms with van der Waals surface area (Å²) in [6.07, 6.45) is 0.670. The molecule has 1 aromatic carbocycles. The Kier molecular flexibility index (Phi) is 9.52. The molecule has 0 aliphatic carbocycles. The molecule has 5 nitrogen and oxygen atoms in total. The van der Waals surface area contributed by atoms with E-state index in [4.69, 9.17) is 18.9 Å². The highest BCUT2D eigenvalue weighted by Gasteiger charge is 2.25. The van der Waals surface area contributed by atoms with Crippen molar-refractivity contribution in [2.24, 2.45) is 0 Å². The molecule has 0 aliphatic heterocycles. The van der Waals surface area contributed by atoms with Crippen LogP contribution in [0.2, 0.25) is 0 Å². The molecule has 0 spiro atoms. The summed E-state index contributed by atoms with van der Waals surface area (Å²) < 4.78 is 74.2. The van der Waals surface area contributed by atoms with Gasteiger partial charge in [0, 0.05) is 5.57 Å². The van der Waals surface area contributed by atoms with Crippen LogP contribution in [-0.4, -0.2) is 45.6 Å². The number of ether oxygens (including phenoxy) is 4. The molecule has 0 bridgehead atoms. The number of rotatable bonds is 12. The summed E-state index contributed by atoms with van der Waals surface area (Å²) in [7, 11) is 0. The standard InChI is InChI=1S/C18H20F4O5/c1-4-12-13(19)15(21)17(16(22)14(12)20)26-9-7-24-5-6-25-8-10-27-18(23)11(2)3/h4H,1-2,5-10H2,3H3. The summed E-state index contributed by atoms with van der Waals surface area (Å²) in [5.74, 6) is -8.12. The second-order valence-corrected chi connectivity index (χ2v) is 5.19. The third kappa shape index (κ3) is 6.69. The maximum absolute atomic E-state index is 13.7. The lowest BCUT2D eigenvalue weighted by atomic mass is 10.1. The van der Waals surface area contributed by atoms with Crippen molar-refractivity contribution in [3.8, 4) is 5.75 Å². The van der Waals surface area contributed by atoms with Gasteiger partial charge >= 0.3 is 5.97 Å². The van der Waals surface area contributed by atoms with E-state index in [0.29, 0.717) is 6.08 Å². The number of hydrogen-bond donors (Lipinski definition) is 0. The lowest BCUT2D eigenvalue weighted by Gasteiger charge is -2.12. The normalized spacial score (nSPS) is 10.6. The first-order valence-corrected chi connectivity index (χ1v) is 7.90. The molecule has 1 aromatic rings. The van der Waals surface area contributed by atoms with Gasteiger partial charge in [0.2, 0.25) is 11.6 Å². The van der Waals surface area contributed by atoms with Crippen LogP contribution in [0.1, 0.15) is 12.5 Å². The molecule has 150 valence electrons. The number of benzene rings is 1. The molecule has 0 N–H and O–H groups in total. The molecular formula is C18H20F4O5. The highest BCUT2D eigenvalue weighted by Crippen LogP contribution is 2.30. The number of esters is 1. The van der Waals surface area contributed by atoms with Gasteiger partial charge in [-0.1, -0.05) is 19.2 Å². The number of halogens is 4. The molecule has 0 aromatic heterocycles. The van der Waals surface area contributed by atoms with Crippen molar-refractivity contribution in [3.63, 3.8) is 0 Å². The Hall–Kier alpha value is -2.39. The van der Waals surface area contributed by atoms with Crippen molar-refractivity contribution in [2.45, 2.75) is 6.92 Å².